The third-order valence-corrected chi connectivity index (χ3v) is 3.05. The maximum absolute atomic E-state index is 5.74. The number of nitrogens with zero attached hydrogens (tertiary/aromatic N) is 1. The Kier molecular flexibility index (Phi) is 4.74. The van der Waals surface area contributed by atoms with Gasteiger partial charge in [0, 0.05) is 13.1 Å². The Labute approximate surface area is 82.5 Å². The van der Waals surface area contributed by atoms with Crippen molar-refractivity contribution in [3.05, 3.63) is 0 Å². The molecule has 2 nitrogen and oxygen atoms in total. The fourth-order valence-electron chi connectivity index (χ4n) is 2.25. The highest BCUT2D eigenvalue weighted by Crippen LogP contribution is 2.17. The van der Waals surface area contributed by atoms with Crippen LogP contribution in [0.15, 0.2) is 0 Å². The van der Waals surface area contributed by atoms with Crippen molar-refractivity contribution in [2.45, 2.75) is 33.1 Å². The molecular weight excluding hydrogens is 160 g/mol. The van der Waals surface area contributed by atoms with E-state index in [0.717, 1.165) is 18.4 Å². The van der Waals surface area contributed by atoms with Crippen LogP contribution in [-0.4, -0.2) is 31.1 Å². The van der Waals surface area contributed by atoms with Crippen molar-refractivity contribution in [3.8, 4) is 0 Å². The normalized spacial score (nSPS) is 26.5. The first-order valence-corrected chi connectivity index (χ1v) is 5.68. The lowest BCUT2D eigenvalue weighted by Gasteiger charge is -2.22. The van der Waals surface area contributed by atoms with E-state index >= 15 is 0 Å². The molecule has 13 heavy (non-hydrogen) atoms. The first kappa shape index (κ1) is 11.0. The largest absolute Gasteiger partial charge is 0.330 e. The van der Waals surface area contributed by atoms with E-state index in [1.165, 1.54) is 38.9 Å². The summed E-state index contributed by atoms with van der Waals surface area (Å²) < 4.78 is 0. The predicted molar refractivity (Wildman–Crippen MR) is 57.7 cm³/mol. The molecule has 0 aromatic rings. The SMILES string of the molecule is CCCC(CN)CN1CCC(C)C1. The number of hydrogen-bond donors (Lipinski definition) is 1. The molecule has 0 spiro atoms. The average Bonchev–Trinajstić information content (AvgIpc) is 2.50. The van der Waals surface area contributed by atoms with E-state index in [-0.39, 0.29) is 0 Å². The van der Waals surface area contributed by atoms with Crippen LogP contribution in [0.25, 0.3) is 0 Å². The van der Waals surface area contributed by atoms with Crippen LogP contribution in [0.2, 0.25) is 0 Å². The molecule has 2 heteroatoms. The Morgan fingerprint density at radius 3 is 2.77 bits per heavy atom. The van der Waals surface area contributed by atoms with Gasteiger partial charge < -0.3 is 10.6 Å². The second-order valence-corrected chi connectivity index (χ2v) is 4.54. The van der Waals surface area contributed by atoms with Gasteiger partial charge in [-0.3, -0.25) is 0 Å². The molecular formula is C11H24N2. The maximum atomic E-state index is 5.74. The van der Waals surface area contributed by atoms with Crippen LogP contribution in [-0.2, 0) is 0 Å². The Hall–Kier alpha value is -0.0800. The molecule has 1 saturated heterocycles. The molecule has 0 aromatic heterocycles. The van der Waals surface area contributed by atoms with Crippen LogP contribution >= 0.6 is 0 Å². The smallest absolute Gasteiger partial charge is 0.00218 e. The van der Waals surface area contributed by atoms with Gasteiger partial charge in [-0.25, -0.2) is 0 Å². The number of likely N-dealkylation sites (tertiary alicyclic amines) is 1. The van der Waals surface area contributed by atoms with E-state index in [1.807, 2.05) is 0 Å². The molecule has 0 aliphatic carbocycles. The second-order valence-electron chi connectivity index (χ2n) is 4.54. The maximum Gasteiger partial charge on any atom is 0.00218 e. The molecule has 78 valence electrons. The van der Waals surface area contributed by atoms with Crippen LogP contribution < -0.4 is 5.73 Å². The monoisotopic (exact) mass is 184 g/mol. The summed E-state index contributed by atoms with van der Waals surface area (Å²) in [5, 5.41) is 0. The van der Waals surface area contributed by atoms with Gasteiger partial charge in [0.1, 0.15) is 0 Å². The standard InChI is InChI=1S/C11H24N2/c1-3-4-11(7-12)9-13-6-5-10(2)8-13/h10-11H,3-9,12H2,1-2H3. The third-order valence-electron chi connectivity index (χ3n) is 3.05. The first-order valence-electron chi connectivity index (χ1n) is 5.68. The molecule has 0 aromatic carbocycles. The molecule has 1 fully saturated rings. The van der Waals surface area contributed by atoms with Crippen LogP contribution in [0.4, 0.5) is 0 Å². The highest BCUT2D eigenvalue weighted by Gasteiger charge is 2.20. The van der Waals surface area contributed by atoms with Crippen LogP contribution in [0, 0.1) is 11.8 Å². The van der Waals surface area contributed by atoms with Gasteiger partial charge in [0.05, 0.1) is 0 Å². The second kappa shape index (κ2) is 5.61. The Morgan fingerprint density at radius 2 is 2.31 bits per heavy atom. The van der Waals surface area contributed by atoms with Gasteiger partial charge in [0.2, 0.25) is 0 Å². The number of nitrogens with two attached hydrogens (primary N) is 1. The van der Waals surface area contributed by atoms with Crippen LogP contribution in [0.3, 0.4) is 0 Å². The summed E-state index contributed by atoms with van der Waals surface area (Å²) >= 11 is 0. The molecule has 0 radical (unpaired) electrons. The fraction of sp³-hybridized carbons (Fsp3) is 1.00. The summed E-state index contributed by atoms with van der Waals surface area (Å²) in [6, 6.07) is 0. The van der Waals surface area contributed by atoms with Gasteiger partial charge in [0.25, 0.3) is 0 Å². The Balaban J connectivity index is 2.21. The molecule has 1 aliphatic rings. The summed E-state index contributed by atoms with van der Waals surface area (Å²) in [4.78, 5) is 2.58. The Morgan fingerprint density at radius 1 is 1.54 bits per heavy atom. The van der Waals surface area contributed by atoms with Gasteiger partial charge in [-0.2, -0.15) is 0 Å². The minimum atomic E-state index is 0.732. The van der Waals surface area contributed by atoms with E-state index in [1.54, 1.807) is 0 Å². The molecule has 2 unspecified atom stereocenters. The highest BCUT2D eigenvalue weighted by molar-refractivity contribution is 4.75. The zero-order valence-corrected chi connectivity index (χ0v) is 9.13. The lowest BCUT2D eigenvalue weighted by atomic mass is 10.0. The molecule has 0 saturated carbocycles. The average molecular weight is 184 g/mol. The minimum absolute atomic E-state index is 0.732. The molecule has 2 N–H and O–H groups in total. The molecule has 1 rings (SSSR count). The van der Waals surface area contributed by atoms with Crippen molar-refractivity contribution in [1.82, 2.24) is 4.90 Å². The van der Waals surface area contributed by atoms with Crippen molar-refractivity contribution in [1.29, 1.82) is 0 Å². The Bertz CT molecular complexity index is 134. The predicted octanol–water partition coefficient (Wildman–Crippen LogP) is 1.70. The van der Waals surface area contributed by atoms with E-state index in [4.69, 9.17) is 5.73 Å². The number of hydrogen-bond acceptors (Lipinski definition) is 2. The summed E-state index contributed by atoms with van der Waals surface area (Å²) in [7, 11) is 0. The van der Waals surface area contributed by atoms with E-state index in [9.17, 15) is 0 Å². The van der Waals surface area contributed by atoms with Crippen molar-refractivity contribution >= 4 is 0 Å². The topological polar surface area (TPSA) is 29.3 Å². The van der Waals surface area contributed by atoms with Gasteiger partial charge in [-0.05, 0) is 37.8 Å². The zero-order valence-electron chi connectivity index (χ0n) is 9.13. The van der Waals surface area contributed by atoms with Crippen molar-refractivity contribution in [2.24, 2.45) is 17.6 Å². The molecule has 0 bridgehead atoms. The lowest BCUT2D eigenvalue weighted by molar-refractivity contribution is 0.264. The van der Waals surface area contributed by atoms with Crippen LogP contribution in [0.5, 0.6) is 0 Å². The lowest BCUT2D eigenvalue weighted by Crippen LogP contribution is -2.31. The summed E-state index contributed by atoms with van der Waals surface area (Å²) in [5.41, 5.74) is 5.74. The molecule has 1 aliphatic heterocycles. The van der Waals surface area contributed by atoms with Gasteiger partial charge in [0.15, 0.2) is 0 Å². The van der Waals surface area contributed by atoms with Crippen molar-refractivity contribution in [3.63, 3.8) is 0 Å². The summed E-state index contributed by atoms with van der Waals surface area (Å²) in [6.45, 7) is 9.27. The molecule has 1 heterocycles. The highest BCUT2D eigenvalue weighted by atomic mass is 15.1. The van der Waals surface area contributed by atoms with E-state index < -0.39 is 0 Å². The van der Waals surface area contributed by atoms with Crippen molar-refractivity contribution in [2.75, 3.05) is 26.2 Å². The van der Waals surface area contributed by atoms with E-state index in [2.05, 4.69) is 18.7 Å². The van der Waals surface area contributed by atoms with Crippen LogP contribution in [0.1, 0.15) is 33.1 Å². The zero-order chi connectivity index (χ0) is 9.68. The van der Waals surface area contributed by atoms with Gasteiger partial charge in [-0.15, -0.1) is 0 Å². The van der Waals surface area contributed by atoms with Gasteiger partial charge >= 0.3 is 0 Å². The molecule has 2 atom stereocenters. The first-order chi connectivity index (χ1) is 6.26. The molecule has 0 amide bonds. The quantitative estimate of drug-likeness (QED) is 0.704. The van der Waals surface area contributed by atoms with Crippen molar-refractivity contribution < 1.29 is 0 Å². The minimum Gasteiger partial charge on any atom is -0.330 e. The van der Waals surface area contributed by atoms with Gasteiger partial charge in [-0.1, -0.05) is 20.3 Å². The summed E-state index contributed by atoms with van der Waals surface area (Å²) in [6.07, 6.45) is 3.94. The number of rotatable bonds is 5. The fourth-order valence-corrected chi connectivity index (χ4v) is 2.25. The summed E-state index contributed by atoms with van der Waals surface area (Å²) in [5.74, 6) is 1.63. The van der Waals surface area contributed by atoms with E-state index in [0.29, 0.717) is 0 Å². The third kappa shape index (κ3) is 3.65.